The fraction of sp³-hybridized carbons (Fsp3) is 0.190. The minimum absolute atomic E-state index is 0.119. The number of hydrogen-bond donors (Lipinski definition) is 0. The Morgan fingerprint density at radius 3 is 2.48 bits per heavy atom. The van der Waals surface area contributed by atoms with Gasteiger partial charge in [0.15, 0.2) is 0 Å². The zero-order valence-corrected chi connectivity index (χ0v) is 18.3. The van der Waals surface area contributed by atoms with Crippen LogP contribution in [-0.2, 0) is 18.9 Å². The van der Waals surface area contributed by atoms with Crippen LogP contribution in [0, 0.1) is 0 Å². The number of aromatic nitrogens is 2. The Morgan fingerprint density at radius 1 is 1.06 bits per heavy atom. The standard InChI is InChI=1S/C21H13F6N3OS2/c1-32-18-17(33-19(31)28-18)7-11-2-5-16-13(6-11)10-30(29-16)9-12-3-4-14(20(22,23)24)8-15(12)21(25,26)27/h2-8,10H,9H2,1H3/b17-7-. The molecule has 1 amide bonds. The number of amides is 1. The van der Waals surface area contributed by atoms with Crippen molar-refractivity contribution in [1.29, 1.82) is 0 Å². The summed E-state index contributed by atoms with van der Waals surface area (Å²) in [6.45, 7) is -0.355. The van der Waals surface area contributed by atoms with Crippen LogP contribution in [0.5, 0.6) is 0 Å². The Morgan fingerprint density at radius 2 is 1.82 bits per heavy atom. The summed E-state index contributed by atoms with van der Waals surface area (Å²) in [5, 5.41) is 5.16. The van der Waals surface area contributed by atoms with E-state index in [0.717, 1.165) is 23.4 Å². The van der Waals surface area contributed by atoms with E-state index in [-0.39, 0.29) is 23.4 Å². The van der Waals surface area contributed by atoms with Crippen LogP contribution in [0.4, 0.5) is 31.1 Å². The summed E-state index contributed by atoms with van der Waals surface area (Å²) in [5.41, 5.74) is -1.79. The quantitative estimate of drug-likeness (QED) is 0.360. The van der Waals surface area contributed by atoms with Gasteiger partial charge in [0.2, 0.25) is 0 Å². The number of thioether (sulfide) groups is 2. The lowest BCUT2D eigenvalue weighted by atomic mass is 10.0. The van der Waals surface area contributed by atoms with Crippen molar-refractivity contribution in [2.45, 2.75) is 18.9 Å². The third-order valence-corrected chi connectivity index (χ3v) is 6.37. The number of alkyl halides is 6. The van der Waals surface area contributed by atoms with E-state index in [1.807, 2.05) is 0 Å². The molecule has 0 aliphatic carbocycles. The maximum absolute atomic E-state index is 13.4. The van der Waals surface area contributed by atoms with E-state index in [1.165, 1.54) is 22.6 Å². The van der Waals surface area contributed by atoms with Gasteiger partial charge in [-0.3, -0.25) is 9.48 Å². The van der Waals surface area contributed by atoms with Gasteiger partial charge >= 0.3 is 17.6 Å². The van der Waals surface area contributed by atoms with Crippen LogP contribution in [0.25, 0.3) is 17.0 Å². The number of fused-ring (bicyclic) bond motifs is 1. The molecular weight excluding hydrogens is 488 g/mol. The second kappa shape index (κ2) is 8.56. The van der Waals surface area contributed by atoms with Crippen LogP contribution in [-0.4, -0.2) is 26.3 Å². The van der Waals surface area contributed by atoms with Gasteiger partial charge in [-0.2, -0.15) is 36.4 Å². The minimum Gasteiger partial charge on any atom is -0.267 e. The van der Waals surface area contributed by atoms with E-state index in [2.05, 4.69) is 10.1 Å². The predicted molar refractivity (Wildman–Crippen MR) is 117 cm³/mol. The summed E-state index contributed by atoms with van der Waals surface area (Å²) in [4.78, 5) is 16.1. The molecule has 0 N–H and O–H groups in total. The molecule has 0 spiro atoms. The number of benzene rings is 2. The van der Waals surface area contributed by atoms with Crippen molar-refractivity contribution in [2.75, 3.05) is 6.26 Å². The lowest BCUT2D eigenvalue weighted by Crippen LogP contribution is -2.15. The summed E-state index contributed by atoms with van der Waals surface area (Å²) >= 11 is 2.34. The van der Waals surface area contributed by atoms with Crippen molar-refractivity contribution in [1.82, 2.24) is 9.78 Å². The highest BCUT2D eigenvalue weighted by Gasteiger charge is 2.38. The van der Waals surface area contributed by atoms with Gasteiger partial charge in [-0.25, -0.2) is 0 Å². The van der Waals surface area contributed by atoms with Crippen molar-refractivity contribution in [3.05, 3.63) is 69.8 Å². The van der Waals surface area contributed by atoms with Crippen LogP contribution in [0.1, 0.15) is 22.3 Å². The molecule has 0 saturated carbocycles. The molecule has 2 aromatic carbocycles. The van der Waals surface area contributed by atoms with Gasteiger partial charge in [0, 0.05) is 11.6 Å². The van der Waals surface area contributed by atoms with Gasteiger partial charge in [-0.15, -0.1) is 11.8 Å². The molecule has 0 atom stereocenters. The first-order valence-corrected chi connectivity index (χ1v) is 11.3. The summed E-state index contributed by atoms with van der Waals surface area (Å²) in [6.07, 6.45) is -4.73. The first-order chi connectivity index (χ1) is 15.4. The van der Waals surface area contributed by atoms with Crippen LogP contribution < -0.4 is 0 Å². The Kier molecular flexibility index (Phi) is 6.08. The van der Waals surface area contributed by atoms with Crippen LogP contribution in [0.15, 0.2) is 52.5 Å². The highest BCUT2D eigenvalue weighted by Crippen LogP contribution is 2.38. The van der Waals surface area contributed by atoms with E-state index in [0.29, 0.717) is 26.9 Å². The van der Waals surface area contributed by atoms with Gasteiger partial charge in [0.05, 0.1) is 28.1 Å². The Labute approximate surface area is 191 Å². The highest BCUT2D eigenvalue weighted by atomic mass is 32.2. The van der Waals surface area contributed by atoms with Crippen LogP contribution in [0.2, 0.25) is 0 Å². The predicted octanol–water partition coefficient (Wildman–Crippen LogP) is 7.09. The normalized spacial score (nSPS) is 16.2. The molecule has 0 radical (unpaired) electrons. The molecule has 33 heavy (non-hydrogen) atoms. The lowest BCUT2D eigenvalue weighted by molar-refractivity contribution is -0.143. The Bertz CT molecular complexity index is 1310. The molecule has 0 saturated heterocycles. The Hall–Kier alpha value is -2.73. The SMILES string of the molecule is CSC1=NC(=O)S/C1=C\c1ccc2nn(Cc3ccc(C(F)(F)F)cc3C(F)(F)F)cc2c1. The molecule has 0 unspecified atom stereocenters. The molecule has 172 valence electrons. The van der Waals surface area contributed by atoms with Crippen molar-refractivity contribution in [3.8, 4) is 0 Å². The molecule has 1 aliphatic rings. The second-order valence-corrected chi connectivity index (χ2v) is 8.80. The molecule has 0 fully saturated rings. The maximum Gasteiger partial charge on any atom is 0.416 e. The number of hydrogen-bond acceptors (Lipinski definition) is 4. The first-order valence-electron chi connectivity index (χ1n) is 9.25. The van der Waals surface area contributed by atoms with E-state index in [9.17, 15) is 31.1 Å². The largest absolute Gasteiger partial charge is 0.416 e. The third kappa shape index (κ3) is 5.11. The molecule has 4 rings (SSSR count). The third-order valence-electron chi connectivity index (χ3n) is 4.74. The van der Waals surface area contributed by atoms with Crippen molar-refractivity contribution >= 4 is 50.8 Å². The van der Waals surface area contributed by atoms with Crippen molar-refractivity contribution in [2.24, 2.45) is 4.99 Å². The summed E-state index contributed by atoms with van der Waals surface area (Å²) in [5.74, 6) is 0. The zero-order valence-electron chi connectivity index (χ0n) is 16.7. The smallest absolute Gasteiger partial charge is 0.267 e. The summed E-state index contributed by atoms with van der Waals surface area (Å²) < 4.78 is 80.2. The zero-order chi connectivity index (χ0) is 24.0. The average Bonchev–Trinajstić information content (AvgIpc) is 3.28. The fourth-order valence-corrected chi connectivity index (χ4v) is 4.80. The number of halogens is 6. The summed E-state index contributed by atoms with van der Waals surface area (Å²) in [6, 6.07) is 6.74. The second-order valence-electron chi connectivity index (χ2n) is 7.01. The topological polar surface area (TPSA) is 47.2 Å². The molecule has 2 heterocycles. The van der Waals surface area contributed by atoms with Gasteiger partial charge in [0.1, 0.15) is 5.04 Å². The molecule has 1 aromatic heterocycles. The number of nitrogens with zero attached hydrogens (tertiary/aromatic N) is 3. The number of rotatable bonds is 3. The fourth-order valence-electron chi connectivity index (χ4n) is 3.28. The number of aliphatic imine (C=N–C) groups is 1. The van der Waals surface area contributed by atoms with Gasteiger partial charge < -0.3 is 0 Å². The van der Waals surface area contributed by atoms with Gasteiger partial charge in [0.25, 0.3) is 0 Å². The Balaban J connectivity index is 1.66. The van der Waals surface area contributed by atoms with Crippen LogP contribution >= 0.6 is 23.5 Å². The molecule has 3 aromatic rings. The van der Waals surface area contributed by atoms with E-state index < -0.39 is 23.5 Å². The van der Waals surface area contributed by atoms with Crippen molar-refractivity contribution in [3.63, 3.8) is 0 Å². The van der Waals surface area contributed by atoms with Gasteiger partial charge in [-0.05, 0) is 59.5 Å². The molecular formula is C21H13F6N3OS2. The minimum atomic E-state index is -4.95. The number of carbonyl (C=O) groups is 1. The van der Waals surface area contributed by atoms with E-state index >= 15 is 0 Å². The lowest BCUT2D eigenvalue weighted by Gasteiger charge is -2.16. The number of carbonyl (C=O) groups excluding carboxylic acids is 1. The monoisotopic (exact) mass is 501 g/mol. The van der Waals surface area contributed by atoms with Crippen molar-refractivity contribution < 1.29 is 31.1 Å². The van der Waals surface area contributed by atoms with E-state index in [4.69, 9.17) is 0 Å². The first kappa shape index (κ1) is 23.4. The van der Waals surface area contributed by atoms with Gasteiger partial charge in [-0.1, -0.05) is 12.1 Å². The molecule has 1 aliphatic heterocycles. The highest BCUT2D eigenvalue weighted by molar-refractivity contribution is 8.24. The molecule has 12 heteroatoms. The molecule has 0 bridgehead atoms. The summed E-state index contributed by atoms with van der Waals surface area (Å²) in [7, 11) is 0. The average molecular weight is 501 g/mol. The van der Waals surface area contributed by atoms with Crippen LogP contribution in [0.3, 0.4) is 0 Å². The van der Waals surface area contributed by atoms with E-state index in [1.54, 1.807) is 30.5 Å². The maximum atomic E-state index is 13.4. The molecule has 4 nitrogen and oxygen atoms in total.